The Morgan fingerprint density at radius 3 is 2.74 bits per heavy atom. The maximum Gasteiger partial charge on any atom is 0.246 e. The summed E-state index contributed by atoms with van der Waals surface area (Å²) in [6.45, 7) is 7.79. The van der Waals surface area contributed by atoms with E-state index >= 15 is 4.39 Å². The van der Waals surface area contributed by atoms with Gasteiger partial charge in [0.1, 0.15) is 28.7 Å². The molecular formula is C32H30ClF2N9OS. The number of nitrogens with zero attached hydrogens (tertiary/aromatic N) is 8. The van der Waals surface area contributed by atoms with E-state index in [-0.39, 0.29) is 60.2 Å². The molecule has 10 nitrogen and oxygen atoms in total. The number of anilines is 2. The van der Waals surface area contributed by atoms with Crippen LogP contribution in [0.4, 0.5) is 19.6 Å². The van der Waals surface area contributed by atoms with Crippen molar-refractivity contribution in [1.29, 1.82) is 5.26 Å². The summed E-state index contributed by atoms with van der Waals surface area (Å²) in [5.74, 6) is -1.47. The summed E-state index contributed by atoms with van der Waals surface area (Å²) in [5, 5.41) is 15.6. The highest BCUT2D eigenvalue weighted by Crippen LogP contribution is 2.45. The molecule has 3 aromatic heterocycles. The average Bonchev–Trinajstić information content (AvgIpc) is 3.66. The number of pyridine rings is 1. The minimum absolute atomic E-state index is 0.00513. The number of benzene rings is 2. The van der Waals surface area contributed by atoms with E-state index in [1.54, 1.807) is 27.9 Å². The molecule has 2 N–H and O–H groups in total. The molecule has 6 rings (SSSR count). The largest absolute Gasteiger partial charge is 0.375 e. The molecule has 5 aromatic rings. The zero-order chi connectivity index (χ0) is 32.9. The first-order valence-electron chi connectivity index (χ1n) is 14.5. The van der Waals surface area contributed by atoms with Crippen LogP contribution in [0.1, 0.15) is 12.5 Å². The van der Waals surface area contributed by atoms with Crippen LogP contribution in [0.3, 0.4) is 0 Å². The van der Waals surface area contributed by atoms with E-state index in [0.29, 0.717) is 49.5 Å². The molecule has 0 spiro atoms. The Kier molecular flexibility index (Phi) is 8.37. The normalized spacial score (nSPS) is 15.2. The molecule has 1 aliphatic rings. The van der Waals surface area contributed by atoms with Gasteiger partial charge in [-0.05, 0) is 51.4 Å². The Labute approximate surface area is 272 Å². The van der Waals surface area contributed by atoms with Gasteiger partial charge in [0.2, 0.25) is 5.91 Å². The summed E-state index contributed by atoms with van der Waals surface area (Å²) in [6, 6.07) is 8.08. The van der Waals surface area contributed by atoms with Gasteiger partial charge in [0.25, 0.3) is 0 Å². The second kappa shape index (κ2) is 12.3. The third-order valence-corrected chi connectivity index (χ3v) is 9.35. The number of nitrogens with two attached hydrogens (primary N) is 1. The van der Waals surface area contributed by atoms with E-state index in [1.165, 1.54) is 18.2 Å². The van der Waals surface area contributed by atoms with Crippen LogP contribution in [0.25, 0.3) is 43.6 Å². The predicted molar refractivity (Wildman–Crippen MR) is 178 cm³/mol. The van der Waals surface area contributed by atoms with Crippen LogP contribution in [0, 0.1) is 23.0 Å². The number of hydrogen-bond acceptors (Lipinski definition) is 9. The second-order valence-corrected chi connectivity index (χ2v) is 12.8. The van der Waals surface area contributed by atoms with Crippen molar-refractivity contribution in [3.05, 3.63) is 65.3 Å². The van der Waals surface area contributed by atoms with Crippen LogP contribution in [-0.2, 0) is 11.3 Å². The number of nitriles is 1. The average molecular weight is 662 g/mol. The number of aromatic nitrogens is 4. The Morgan fingerprint density at radius 1 is 1.26 bits per heavy atom. The molecule has 1 atom stereocenters. The van der Waals surface area contributed by atoms with Crippen molar-refractivity contribution in [2.45, 2.75) is 19.5 Å². The van der Waals surface area contributed by atoms with Gasteiger partial charge < -0.3 is 20.4 Å². The second-order valence-electron chi connectivity index (χ2n) is 11.3. The van der Waals surface area contributed by atoms with Gasteiger partial charge in [-0.25, -0.2) is 18.7 Å². The van der Waals surface area contributed by atoms with Crippen LogP contribution in [0.15, 0.2) is 43.1 Å². The maximum absolute atomic E-state index is 17.0. The smallest absolute Gasteiger partial charge is 0.246 e. The summed E-state index contributed by atoms with van der Waals surface area (Å²) < 4.78 is 33.6. The van der Waals surface area contributed by atoms with Gasteiger partial charge in [0, 0.05) is 54.9 Å². The fraction of sp³-hybridized carbons (Fsp3) is 0.281. The van der Waals surface area contributed by atoms with Crippen LogP contribution in [0.5, 0.6) is 0 Å². The summed E-state index contributed by atoms with van der Waals surface area (Å²) in [5.41, 5.74) is 7.82. The number of fused-ring (bicyclic) bond motifs is 2. The lowest BCUT2D eigenvalue weighted by atomic mass is 9.97. The van der Waals surface area contributed by atoms with Crippen LogP contribution in [0.2, 0.25) is 5.02 Å². The molecule has 1 unspecified atom stereocenters. The first-order chi connectivity index (χ1) is 22.0. The van der Waals surface area contributed by atoms with Crippen molar-refractivity contribution in [1.82, 2.24) is 29.5 Å². The summed E-state index contributed by atoms with van der Waals surface area (Å²) >= 11 is 7.81. The Morgan fingerprint density at radius 2 is 2.04 bits per heavy atom. The summed E-state index contributed by atoms with van der Waals surface area (Å²) in [6.07, 6.45) is 2.89. The SMILES string of the molecule is C=CC(=O)N1CCN(c2c(C#N)c(-c3ccnn3CCN(C)C)nc3c(F)c(-c4ccc(F)c5sc(N)nc45)c(Cl)cc23)CC1C. The van der Waals surface area contributed by atoms with Gasteiger partial charge in [0.05, 0.1) is 33.2 Å². The topological polar surface area (TPSA) is 120 Å². The first-order valence-corrected chi connectivity index (χ1v) is 15.7. The quantitative estimate of drug-likeness (QED) is 0.226. The van der Waals surface area contributed by atoms with Crippen molar-refractivity contribution >= 4 is 60.8 Å². The fourth-order valence-corrected chi connectivity index (χ4v) is 7.04. The lowest BCUT2D eigenvalue weighted by Gasteiger charge is -2.41. The van der Waals surface area contributed by atoms with Gasteiger partial charge in [-0.1, -0.05) is 29.5 Å². The van der Waals surface area contributed by atoms with E-state index in [9.17, 15) is 14.4 Å². The molecule has 1 fully saturated rings. The van der Waals surface area contributed by atoms with Gasteiger partial charge in [-0.2, -0.15) is 10.4 Å². The van der Waals surface area contributed by atoms with Crippen molar-refractivity contribution in [3.8, 4) is 28.6 Å². The fourth-order valence-electron chi connectivity index (χ4n) is 5.99. The molecular weight excluding hydrogens is 632 g/mol. The maximum atomic E-state index is 17.0. The zero-order valence-corrected chi connectivity index (χ0v) is 27.0. The minimum atomic E-state index is -0.748. The molecule has 46 heavy (non-hydrogen) atoms. The van der Waals surface area contributed by atoms with E-state index in [1.807, 2.05) is 30.8 Å². The number of rotatable bonds is 7. The molecule has 4 heterocycles. The number of nitrogen functional groups attached to an aromatic ring is 1. The van der Waals surface area contributed by atoms with E-state index < -0.39 is 11.6 Å². The molecule has 0 radical (unpaired) electrons. The molecule has 1 amide bonds. The Hall–Kier alpha value is -4.64. The van der Waals surface area contributed by atoms with Crippen LogP contribution >= 0.6 is 22.9 Å². The standard InChI is InChI=1S/C32H30ClF2N9OS/c1-5-24(45)43-12-11-42(16-17(43)2)30-19-14-21(33)25(18-6-7-22(34)31-29(18)40-32(37)46-31)26(35)28(19)39-27(20(30)15-36)23-8-9-38-44(23)13-10-41(3)4/h5-9,14,17H,1,10-13,16H2,2-4H3,(H2,37,40). The number of thiazole rings is 1. The van der Waals surface area contributed by atoms with Crippen molar-refractivity contribution in [2.24, 2.45) is 0 Å². The van der Waals surface area contributed by atoms with Gasteiger partial charge in [-0.3, -0.25) is 9.48 Å². The molecule has 0 aliphatic carbocycles. The Bertz CT molecular complexity index is 2070. The van der Waals surface area contributed by atoms with Crippen molar-refractivity contribution in [2.75, 3.05) is 50.9 Å². The minimum Gasteiger partial charge on any atom is -0.375 e. The lowest BCUT2D eigenvalue weighted by Crippen LogP contribution is -2.54. The lowest BCUT2D eigenvalue weighted by molar-refractivity contribution is -0.128. The monoisotopic (exact) mass is 661 g/mol. The number of hydrogen-bond donors (Lipinski definition) is 1. The van der Waals surface area contributed by atoms with E-state index in [4.69, 9.17) is 22.3 Å². The first kappa shape index (κ1) is 31.3. The Balaban J connectivity index is 1.63. The van der Waals surface area contributed by atoms with Crippen molar-refractivity contribution < 1.29 is 13.6 Å². The molecule has 0 bridgehead atoms. The number of carbonyl (C=O) groups is 1. The third kappa shape index (κ3) is 5.32. The predicted octanol–water partition coefficient (Wildman–Crippen LogP) is 5.55. The number of halogens is 3. The number of likely N-dealkylation sites (N-methyl/N-ethyl adjacent to an activating group) is 1. The number of piperazine rings is 1. The van der Waals surface area contributed by atoms with E-state index in [0.717, 1.165) is 11.3 Å². The van der Waals surface area contributed by atoms with Crippen LogP contribution in [-0.4, -0.2) is 81.8 Å². The molecule has 236 valence electrons. The molecule has 2 aromatic carbocycles. The van der Waals surface area contributed by atoms with E-state index in [2.05, 4.69) is 22.7 Å². The highest BCUT2D eigenvalue weighted by atomic mass is 35.5. The molecule has 1 aliphatic heterocycles. The molecule has 0 saturated carbocycles. The molecule has 1 saturated heterocycles. The zero-order valence-electron chi connectivity index (χ0n) is 25.4. The summed E-state index contributed by atoms with van der Waals surface area (Å²) in [4.78, 5) is 27.2. The van der Waals surface area contributed by atoms with Crippen molar-refractivity contribution in [3.63, 3.8) is 0 Å². The third-order valence-electron chi connectivity index (χ3n) is 8.16. The highest BCUT2D eigenvalue weighted by Gasteiger charge is 2.32. The van der Waals surface area contributed by atoms with Gasteiger partial charge in [-0.15, -0.1) is 0 Å². The molecule has 14 heteroatoms. The summed E-state index contributed by atoms with van der Waals surface area (Å²) in [7, 11) is 3.88. The highest BCUT2D eigenvalue weighted by molar-refractivity contribution is 7.22. The number of amides is 1. The van der Waals surface area contributed by atoms with Crippen LogP contribution < -0.4 is 10.6 Å². The van der Waals surface area contributed by atoms with Gasteiger partial charge >= 0.3 is 0 Å². The van der Waals surface area contributed by atoms with Gasteiger partial charge in [0.15, 0.2) is 10.9 Å². The number of carbonyl (C=O) groups excluding carboxylic acids is 1.